The minimum Gasteiger partial charge on any atom is -0.320 e. The van der Waals surface area contributed by atoms with Crippen LogP contribution in [0.4, 0.5) is 5.69 Å². The Morgan fingerprint density at radius 2 is 1.43 bits per heavy atom. The zero-order valence-corrected chi connectivity index (χ0v) is 22.4. The maximum absolute atomic E-state index is 12.9. The van der Waals surface area contributed by atoms with Gasteiger partial charge in [0.25, 0.3) is 5.91 Å². The standard InChI is InChI=1S/C19H30N2O.C7H8.Y/c1-5-21(13-8-6-7-9-14-21)17(4)19(22)20-18-15(2)11-10-12-16(18)3;1-7-5-3-2-4-6-7;/h10-12,17H,5-9,13-14H2,1-4H3;2-6H,1H3;/p+1. The SMILES string of the molecule is CC[N+]1(C(C)C(=O)Nc2c(C)cccc2C)CCCCCC1.Cc1ccccc1.[Y]. The molecule has 2 aromatic rings. The summed E-state index contributed by atoms with van der Waals surface area (Å²) >= 11 is 0. The van der Waals surface area contributed by atoms with Crippen LogP contribution in [-0.2, 0) is 37.5 Å². The number of nitrogens with one attached hydrogen (secondary N) is 1. The van der Waals surface area contributed by atoms with E-state index in [9.17, 15) is 4.79 Å². The molecule has 0 aromatic heterocycles. The van der Waals surface area contributed by atoms with Gasteiger partial charge in [-0.25, -0.2) is 0 Å². The van der Waals surface area contributed by atoms with Crippen LogP contribution >= 0.6 is 0 Å². The van der Waals surface area contributed by atoms with E-state index >= 15 is 0 Å². The number of rotatable bonds is 4. The van der Waals surface area contributed by atoms with Crippen molar-refractivity contribution in [1.29, 1.82) is 0 Å². The number of hydrogen-bond acceptors (Lipinski definition) is 1. The minimum absolute atomic E-state index is 0. The first kappa shape index (κ1) is 27.0. The van der Waals surface area contributed by atoms with Gasteiger partial charge in [-0.2, -0.15) is 0 Å². The second kappa shape index (κ2) is 13.4. The third-order valence-corrected chi connectivity index (χ3v) is 6.46. The van der Waals surface area contributed by atoms with Crippen LogP contribution in [0.3, 0.4) is 0 Å². The first-order valence-corrected chi connectivity index (χ1v) is 11.1. The monoisotopic (exact) mass is 484 g/mol. The summed E-state index contributed by atoms with van der Waals surface area (Å²) in [4.78, 5) is 12.9. The Morgan fingerprint density at radius 1 is 0.900 bits per heavy atom. The summed E-state index contributed by atoms with van der Waals surface area (Å²) in [7, 11) is 0. The van der Waals surface area contributed by atoms with Crippen molar-refractivity contribution < 1.29 is 42.0 Å². The largest absolute Gasteiger partial charge is 0.320 e. The molecule has 4 heteroatoms. The van der Waals surface area contributed by atoms with E-state index in [0.717, 1.165) is 40.9 Å². The molecular formula is C26H39N2OY+. The smallest absolute Gasteiger partial charge is 0.282 e. The van der Waals surface area contributed by atoms with Crippen LogP contribution in [0.2, 0.25) is 0 Å². The Balaban J connectivity index is 0.000000477. The molecule has 1 atom stereocenters. The van der Waals surface area contributed by atoms with E-state index in [-0.39, 0.29) is 44.7 Å². The molecule has 30 heavy (non-hydrogen) atoms. The van der Waals surface area contributed by atoms with Crippen molar-refractivity contribution in [2.75, 3.05) is 25.0 Å². The number of likely N-dealkylation sites (N-methyl/N-ethyl adjacent to an activating group) is 1. The third kappa shape index (κ3) is 7.59. The number of aryl methyl sites for hydroxylation is 3. The number of carbonyl (C=O) groups is 1. The quantitative estimate of drug-likeness (QED) is 0.528. The van der Waals surface area contributed by atoms with E-state index in [1.165, 1.54) is 31.2 Å². The second-order valence-corrected chi connectivity index (χ2v) is 8.48. The van der Waals surface area contributed by atoms with Crippen molar-refractivity contribution in [3.63, 3.8) is 0 Å². The Kier molecular flexibility index (Phi) is 12.1. The van der Waals surface area contributed by atoms with Gasteiger partial charge in [0.2, 0.25) is 0 Å². The van der Waals surface area contributed by atoms with Crippen molar-refractivity contribution >= 4 is 11.6 Å². The number of amides is 1. The van der Waals surface area contributed by atoms with Gasteiger partial charge >= 0.3 is 0 Å². The molecule has 161 valence electrons. The molecule has 1 heterocycles. The molecular weight excluding hydrogens is 445 g/mol. The van der Waals surface area contributed by atoms with Gasteiger partial charge in [0.1, 0.15) is 0 Å². The van der Waals surface area contributed by atoms with Gasteiger partial charge in [0, 0.05) is 38.4 Å². The number of quaternary nitrogens is 1. The Hall–Kier alpha value is -1.03. The van der Waals surface area contributed by atoms with Crippen LogP contribution in [0.25, 0.3) is 0 Å². The van der Waals surface area contributed by atoms with Gasteiger partial charge in [-0.1, -0.05) is 54.1 Å². The molecule has 3 rings (SSSR count). The van der Waals surface area contributed by atoms with Crippen LogP contribution in [0, 0.1) is 20.8 Å². The van der Waals surface area contributed by atoms with Crippen molar-refractivity contribution in [3.05, 3.63) is 65.2 Å². The molecule has 1 aliphatic heterocycles. The topological polar surface area (TPSA) is 29.1 Å². The minimum atomic E-state index is 0. The molecule has 0 saturated carbocycles. The molecule has 1 aliphatic rings. The molecule has 1 saturated heterocycles. The van der Waals surface area contributed by atoms with E-state index in [2.05, 4.69) is 64.2 Å². The summed E-state index contributed by atoms with van der Waals surface area (Å²) in [6.07, 6.45) is 5.11. The summed E-state index contributed by atoms with van der Waals surface area (Å²) in [5, 5.41) is 3.20. The number of likely N-dealkylation sites (tertiary alicyclic amines) is 1. The van der Waals surface area contributed by atoms with Gasteiger partial charge in [0.05, 0.1) is 19.6 Å². The van der Waals surface area contributed by atoms with E-state index in [1.54, 1.807) is 0 Å². The number of hydrogen-bond donors (Lipinski definition) is 1. The number of para-hydroxylation sites is 1. The molecule has 1 radical (unpaired) electrons. The molecule has 1 fully saturated rings. The fourth-order valence-electron chi connectivity index (χ4n) is 4.32. The van der Waals surface area contributed by atoms with Gasteiger partial charge in [-0.15, -0.1) is 0 Å². The number of carbonyl (C=O) groups excluding carboxylic acids is 1. The summed E-state index contributed by atoms with van der Waals surface area (Å²) in [6, 6.07) is 16.4. The first-order valence-electron chi connectivity index (χ1n) is 11.1. The normalized spacial score (nSPS) is 16.2. The van der Waals surface area contributed by atoms with E-state index in [4.69, 9.17) is 0 Å². The Labute approximate surface area is 209 Å². The van der Waals surface area contributed by atoms with Crippen LogP contribution < -0.4 is 5.32 Å². The number of anilines is 1. The van der Waals surface area contributed by atoms with Gasteiger partial charge in [-0.05, 0) is 71.4 Å². The molecule has 2 aromatic carbocycles. The molecule has 1 amide bonds. The van der Waals surface area contributed by atoms with Gasteiger partial charge in [-0.3, -0.25) is 4.79 Å². The fourth-order valence-corrected chi connectivity index (χ4v) is 4.32. The van der Waals surface area contributed by atoms with Crippen molar-refractivity contribution in [2.45, 2.75) is 66.3 Å². The van der Waals surface area contributed by atoms with Crippen LogP contribution in [0.5, 0.6) is 0 Å². The van der Waals surface area contributed by atoms with Crippen molar-refractivity contribution in [2.24, 2.45) is 0 Å². The first-order chi connectivity index (χ1) is 13.9. The average molecular weight is 485 g/mol. The van der Waals surface area contributed by atoms with Gasteiger partial charge < -0.3 is 9.80 Å². The average Bonchev–Trinajstić information content (AvgIpc) is 2.98. The summed E-state index contributed by atoms with van der Waals surface area (Å²) in [5.41, 5.74) is 4.59. The summed E-state index contributed by atoms with van der Waals surface area (Å²) in [5.74, 6) is 0.168. The Bertz CT molecular complexity index is 748. The van der Waals surface area contributed by atoms with Gasteiger partial charge in [0.15, 0.2) is 6.04 Å². The summed E-state index contributed by atoms with van der Waals surface area (Å²) < 4.78 is 0.941. The molecule has 3 nitrogen and oxygen atoms in total. The predicted molar refractivity (Wildman–Crippen MR) is 124 cm³/mol. The molecule has 1 unspecified atom stereocenters. The number of benzene rings is 2. The fraction of sp³-hybridized carbons (Fsp3) is 0.500. The Morgan fingerprint density at radius 3 is 1.87 bits per heavy atom. The second-order valence-electron chi connectivity index (χ2n) is 8.48. The maximum atomic E-state index is 12.9. The van der Waals surface area contributed by atoms with Crippen molar-refractivity contribution in [1.82, 2.24) is 0 Å². The maximum Gasteiger partial charge on any atom is 0.282 e. The van der Waals surface area contributed by atoms with E-state index in [0.29, 0.717) is 0 Å². The summed E-state index contributed by atoms with van der Waals surface area (Å²) in [6.45, 7) is 13.9. The number of nitrogens with zero attached hydrogens (tertiary/aromatic N) is 1. The third-order valence-electron chi connectivity index (χ3n) is 6.46. The zero-order chi connectivity index (χ0) is 21.3. The molecule has 0 aliphatic carbocycles. The molecule has 0 spiro atoms. The zero-order valence-electron chi connectivity index (χ0n) is 19.6. The van der Waals surface area contributed by atoms with E-state index < -0.39 is 0 Å². The van der Waals surface area contributed by atoms with Crippen LogP contribution in [-0.4, -0.2) is 36.1 Å². The van der Waals surface area contributed by atoms with Crippen LogP contribution in [0.15, 0.2) is 48.5 Å². The van der Waals surface area contributed by atoms with Crippen molar-refractivity contribution in [3.8, 4) is 0 Å². The van der Waals surface area contributed by atoms with E-state index in [1.807, 2.05) is 24.3 Å². The predicted octanol–water partition coefficient (Wildman–Crippen LogP) is 6.03. The molecule has 1 N–H and O–H groups in total. The molecule has 0 bridgehead atoms. The van der Waals surface area contributed by atoms with Crippen LogP contribution in [0.1, 0.15) is 56.2 Å².